The van der Waals surface area contributed by atoms with Crippen LogP contribution < -0.4 is 0 Å². The van der Waals surface area contributed by atoms with Crippen LogP contribution in [-0.2, 0) is 23.8 Å². The minimum absolute atomic E-state index is 0.525. The fraction of sp³-hybridized carbons (Fsp3) is 0.583. The van der Waals surface area contributed by atoms with Crippen LogP contribution in [0.5, 0.6) is 0 Å². The second kappa shape index (κ2) is 6.71. The van der Waals surface area contributed by atoms with Crippen molar-refractivity contribution in [1.29, 1.82) is 0 Å². The maximum absolute atomic E-state index is 11.3. The van der Waals surface area contributed by atoms with Gasteiger partial charge >= 0.3 is 17.8 Å². The Morgan fingerprint density at radius 2 is 2.26 bits per heavy atom. The van der Waals surface area contributed by atoms with E-state index in [1.807, 2.05) is 0 Å². The van der Waals surface area contributed by atoms with Crippen LogP contribution >= 0.6 is 0 Å². The predicted molar refractivity (Wildman–Crippen MR) is 71.0 cm³/mol. The van der Waals surface area contributed by atoms with E-state index < -0.39 is 53.8 Å². The minimum Gasteiger partial charge on any atom is -0.463 e. The smallest absolute Gasteiger partial charge is 0.344 e. The van der Waals surface area contributed by atoms with Crippen LogP contribution in [0.2, 0.25) is 0 Å². The van der Waals surface area contributed by atoms with Crippen molar-refractivity contribution in [3.05, 3.63) is 22.6 Å². The number of carbonyl (C=O) groups is 2. The van der Waals surface area contributed by atoms with Gasteiger partial charge in [0.15, 0.2) is 12.4 Å². The summed E-state index contributed by atoms with van der Waals surface area (Å²) in [6.07, 6.45) is -4.53. The molecule has 0 aromatic carbocycles. The van der Waals surface area contributed by atoms with E-state index in [4.69, 9.17) is 12.2 Å². The lowest BCUT2D eigenvalue weighted by molar-refractivity contribution is -0.394. The Morgan fingerprint density at radius 1 is 1.57 bits per heavy atom. The number of ether oxygens (including phenoxy) is 3. The van der Waals surface area contributed by atoms with Crippen LogP contribution in [0.4, 0.5) is 5.82 Å². The summed E-state index contributed by atoms with van der Waals surface area (Å²) in [6.45, 7) is -0.769. The maximum Gasteiger partial charge on any atom is 0.344 e. The molecule has 1 aromatic rings. The highest BCUT2D eigenvalue weighted by Crippen LogP contribution is 2.34. The number of rotatable bonds is 5. The molecule has 2 heterocycles. The molecule has 0 saturated carbocycles. The number of esters is 2. The van der Waals surface area contributed by atoms with Crippen LogP contribution in [0.25, 0.3) is 0 Å². The molecule has 1 fully saturated rings. The molecule has 11 nitrogen and oxygen atoms in total. The van der Waals surface area contributed by atoms with Gasteiger partial charge < -0.3 is 29.4 Å². The first-order valence-electron chi connectivity index (χ1n) is 7.41. The topological polar surface area (TPSA) is 143 Å². The highest BCUT2D eigenvalue weighted by Gasteiger charge is 2.51. The molecule has 0 bridgehead atoms. The number of nitrogens with zero attached hydrogens (tertiary/aromatic N) is 3. The maximum atomic E-state index is 11.3. The summed E-state index contributed by atoms with van der Waals surface area (Å²) in [5.74, 6) is -2.32. The van der Waals surface area contributed by atoms with Gasteiger partial charge in [0.2, 0.25) is 6.23 Å². The van der Waals surface area contributed by atoms with Gasteiger partial charge in [-0.2, -0.15) is 4.57 Å². The van der Waals surface area contributed by atoms with Crippen molar-refractivity contribution >= 4 is 17.8 Å². The Hall–Kier alpha value is -2.53. The number of imidazole rings is 1. The van der Waals surface area contributed by atoms with Crippen molar-refractivity contribution in [1.82, 2.24) is 9.55 Å². The van der Waals surface area contributed by atoms with E-state index in [9.17, 15) is 24.8 Å². The predicted octanol–water partition coefficient (Wildman–Crippen LogP) is -0.456. The highest BCUT2D eigenvalue weighted by atomic mass is 16.6. The molecule has 1 aromatic heterocycles. The molecule has 4 atom stereocenters. The summed E-state index contributed by atoms with van der Waals surface area (Å²) in [5.41, 5.74) is 0. The summed E-state index contributed by atoms with van der Waals surface area (Å²) in [4.78, 5) is 36.2. The molecule has 11 heteroatoms. The van der Waals surface area contributed by atoms with E-state index in [2.05, 4.69) is 9.72 Å². The van der Waals surface area contributed by atoms with Gasteiger partial charge in [-0.05, 0) is 4.92 Å². The van der Waals surface area contributed by atoms with Gasteiger partial charge in [0.05, 0.1) is 2.74 Å². The molecule has 0 spiro atoms. The molecule has 1 N–H and O–H groups in total. The number of aliphatic hydroxyl groups is 1. The second-order valence-corrected chi connectivity index (χ2v) is 4.64. The van der Waals surface area contributed by atoms with Crippen LogP contribution in [0.3, 0.4) is 0 Å². The second-order valence-electron chi connectivity index (χ2n) is 4.64. The fourth-order valence-electron chi connectivity index (χ4n) is 2.07. The Kier molecular flexibility index (Phi) is 4.11. The first kappa shape index (κ1) is 14.1. The minimum atomic E-state index is -2.77. The van der Waals surface area contributed by atoms with Gasteiger partial charge in [0, 0.05) is 13.8 Å². The van der Waals surface area contributed by atoms with Crippen molar-refractivity contribution in [2.45, 2.75) is 38.4 Å². The number of nitro groups is 1. The average Bonchev–Trinajstić information content (AvgIpc) is 3.03. The third-order valence-electron chi connectivity index (χ3n) is 2.94. The SMILES string of the molecule is [2H]C([2H])(OC(C)=O)[C@H]1O[C@@H](n2cncc2[N+](=O)[O-])[C@H](OC(C)=O)[C@@H]1O. The average molecular weight is 331 g/mol. The van der Waals surface area contributed by atoms with Gasteiger partial charge in [-0.15, -0.1) is 0 Å². The van der Waals surface area contributed by atoms with E-state index in [0.29, 0.717) is 0 Å². The van der Waals surface area contributed by atoms with Crippen LogP contribution in [-0.4, -0.2) is 56.4 Å². The van der Waals surface area contributed by atoms with Gasteiger partial charge in [-0.25, -0.2) is 4.98 Å². The molecule has 126 valence electrons. The van der Waals surface area contributed by atoms with E-state index in [1.54, 1.807) is 0 Å². The van der Waals surface area contributed by atoms with Crippen molar-refractivity contribution in [3.63, 3.8) is 0 Å². The molecule has 23 heavy (non-hydrogen) atoms. The Bertz CT molecular complexity index is 694. The highest BCUT2D eigenvalue weighted by molar-refractivity contribution is 5.66. The number of aromatic nitrogens is 2. The number of carbonyl (C=O) groups excluding carboxylic acids is 2. The molecule has 0 unspecified atom stereocenters. The monoisotopic (exact) mass is 331 g/mol. The largest absolute Gasteiger partial charge is 0.463 e. The number of hydrogen-bond acceptors (Lipinski definition) is 9. The quantitative estimate of drug-likeness (QED) is 0.430. The fourth-order valence-corrected chi connectivity index (χ4v) is 2.07. The van der Waals surface area contributed by atoms with Gasteiger partial charge in [0.25, 0.3) is 0 Å². The Labute approximate surface area is 132 Å². The first-order chi connectivity index (χ1) is 11.5. The van der Waals surface area contributed by atoms with Crippen LogP contribution in [0.1, 0.15) is 22.8 Å². The molecule has 0 aliphatic carbocycles. The zero-order valence-corrected chi connectivity index (χ0v) is 12.1. The molecule has 2 rings (SSSR count). The zero-order valence-electron chi connectivity index (χ0n) is 14.1. The lowest BCUT2D eigenvalue weighted by Crippen LogP contribution is -2.37. The van der Waals surface area contributed by atoms with Crippen LogP contribution in [0.15, 0.2) is 12.5 Å². The van der Waals surface area contributed by atoms with Gasteiger partial charge in [0.1, 0.15) is 25.0 Å². The summed E-state index contributed by atoms with van der Waals surface area (Å²) in [6, 6.07) is 0. The van der Waals surface area contributed by atoms with Crippen molar-refractivity contribution in [2.75, 3.05) is 6.56 Å². The number of hydrogen-bond donors (Lipinski definition) is 1. The van der Waals surface area contributed by atoms with Crippen molar-refractivity contribution < 1.29 is 36.6 Å². The lowest BCUT2D eigenvalue weighted by atomic mass is 10.1. The Morgan fingerprint density at radius 3 is 2.83 bits per heavy atom. The van der Waals surface area contributed by atoms with Crippen molar-refractivity contribution in [3.8, 4) is 0 Å². The first-order valence-corrected chi connectivity index (χ1v) is 6.41. The molecule has 0 amide bonds. The Balaban J connectivity index is 2.40. The lowest BCUT2D eigenvalue weighted by Gasteiger charge is -2.18. The summed E-state index contributed by atoms with van der Waals surface area (Å²) < 4.78 is 31.1. The van der Waals surface area contributed by atoms with E-state index in [1.165, 1.54) is 0 Å². The molecule has 0 radical (unpaired) electrons. The zero-order chi connectivity index (χ0) is 18.9. The van der Waals surface area contributed by atoms with Gasteiger partial charge in [-0.3, -0.25) is 9.59 Å². The van der Waals surface area contributed by atoms with E-state index >= 15 is 0 Å². The van der Waals surface area contributed by atoms with E-state index in [-0.39, 0.29) is 0 Å². The third-order valence-corrected chi connectivity index (χ3v) is 2.94. The summed E-state index contributed by atoms with van der Waals surface area (Å²) in [5, 5.41) is 21.4. The molecule has 1 aliphatic rings. The summed E-state index contributed by atoms with van der Waals surface area (Å²) >= 11 is 0. The van der Waals surface area contributed by atoms with Gasteiger partial charge in [-0.1, -0.05) is 0 Å². The third kappa shape index (κ3) is 3.63. The molecular formula is C12H15N3O8. The normalized spacial score (nSPS) is 28.7. The molecule has 1 saturated heterocycles. The van der Waals surface area contributed by atoms with Crippen molar-refractivity contribution in [2.24, 2.45) is 0 Å². The molecule has 1 aliphatic heterocycles. The summed E-state index contributed by atoms with van der Waals surface area (Å²) in [7, 11) is 0. The standard InChI is InChI=1S/C12H15N3O8/c1-6(16)21-4-8-10(18)11(22-7(2)17)12(23-8)14-5-13-3-9(14)15(19)20/h3,5,8,10-12,18H,4H2,1-2H3/t8-,10-,11-,12-/m1/s1/i4D2. The number of aliphatic hydroxyl groups excluding tert-OH is 1. The van der Waals surface area contributed by atoms with E-state index in [0.717, 1.165) is 30.9 Å². The molecular weight excluding hydrogens is 314 g/mol. The van der Waals surface area contributed by atoms with Crippen LogP contribution in [0, 0.1) is 10.1 Å².